The standard InChI is InChI=1S/C6H8N2/c1-2-3-6-4-5-7-8-6/h2,5H,1,3-4H2. The van der Waals surface area contributed by atoms with E-state index in [1.807, 2.05) is 6.08 Å². The van der Waals surface area contributed by atoms with Crippen molar-refractivity contribution in [3.05, 3.63) is 12.7 Å². The van der Waals surface area contributed by atoms with Crippen LogP contribution in [-0.4, -0.2) is 11.9 Å². The van der Waals surface area contributed by atoms with Crippen molar-refractivity contribution < 1.29 is 0 Å². The van der Waals surface area contributed by atoms with Crippen LogP contribution < -0.4 is 0 Å². The number of rotatable bonds is 2. The van der Waals surface area contributed by atoms with Crippen LogP contribution in [-0.2, 0) is 0 Å². The summed E-state index contributed by atoms with van der Waals surface area (Å²) in [5.41, 5.74) is 1.11. The lowest BCUT2D eigenvalue weighted by Gasteiger charge is -1.85. The van der Waals surface area contributed by atoms with Gasteiger partial charge in [-0.15, -0.1) is 6.58 Å². The minimum absolute atomic E-state index is 0.875. The Kier molecular flexibility index (Phi) is 1.57. The van der Waals surface area contributed by atoms with E-state index >= 15 is 0 Å². The van der Waals surface area contributed by atoms with Crippen LogP contribution in [0.4, 0.5) is 0 Å². The summed E-state index contributed by atoms with van der Waals surface area (Å²) in [6, 6.07) is 0. The molecule has 2 nitrogen and oxygen atoms in total. The second-order valence-corrected chi connectivity index (χ2v) is 1.66. The normalized spacial score (nSPS) is 16.2. The van der Waals surface area contributed by atoms with E-state index in [0.717, 1.165) is 18.6 Å². The molecule has 1 rings (SSSR count). The molecule has 0 aromatic heterocycles. The Morgan fingerprint density at radius 2 is 2.75 bits per heavy atom. The highest BCUT2D eigenvalue weighted by molar-refractivity contribution is 5.98. The van der Waals surface area contributed by atoms with Gasteiger partial charge in [-0.25, -0.2) is 0 Å². The number of allylic oxidation sites excluding steroid dienone is 1. The van der Waals surface area contributed by atoms with Crippen molar-refractivity contribution in [2.45, 2.75) is 12.8 Å². The average Bonchev–Trinajstić information content (AvgIpc) is 2.19. The van der Waals surface area contributed by atoms with Gasteiger partial charge >= 0.3 is 0 Å². The minimum atomic E-state index is 0.875. The van der Waals surface area contributed by atoms with E-state index in [9.17, 15) is 0 Å². The highest BCUT2D eigenvalue weighted by atomic mass is 15.2. The van der Waals surface area contributed by atoms with Crippen LogP contribution in [0.5, 0.6) is 0 Å². The lowest BCUT2D eigenvalue weighted by atomic mass is 10.2. The molecule has 42 valence electrons. The highest BCUT2D eigenvalue weighted by Crippen LogP contribution is 1.98. The first-order valence-corrected chi connectivity index (χ1v) is 2.61. The third-order valence-electron chi connectivity index (χ3n) is 0.988. The summed E-state index contributed by atoms with van der Waals surface area (Å²) < 4.78 is 0. The van der Waals surface area contributed by atoms with Crippen molar-refractivity contribution in [1.29, 1.82) is 0 Å². The lowest BCUT2D eigenvalue weighted by molar-refractivity contribution is 1.25. The Morgan fingerprint density at radius 3 is 3.25 bits per heavy atom. The van der Waals surface area contributed by atoms with Gasteiger partial charge in [0.25, 0.3) is 0 Å². The van der Waals surface area contributed by atoms with Crippen LogP contribution in [0.1, 0.15) is 12.8 Å². The predicted octanol–water partition coefficient (Wildman–Crippen LogP) is 1.39. The Morgan fingerprint density at radius 1 is 1.88 bits per heavy atom. The summed E-state index contributed by atoms with van der Waals surface area (Å²) in [4.78, 5) is 0. The maximum Gasteiger partial charge on any atom is 0.0497 e. The van der Waals surface area contributed by atoms with Crippen LogP contribution >= 0.6 is 0 Å². The Hall–Kier alpha value is -0.920. The third-order valence-corrected chi connectivity index (χ3v) is 0.988. The molecule has 1 aliphatic heterocycles. The van der Waals surface area contributed by atoms with Crippen molar-refractivity contribution in [3.8, 4) is 0 Å². The molecule has 1 aliphatic rings. The number of nitrogens with zero attached hydrogens (tertiary/aromatic N) is 2. The van der Waals surface area contributed by atoms with Gasteiger partial charge in [0.15, 0.2) is 0 Å². The van der Waals surface area contributed by atoms with E-state index in [1.54, 1.807) is 6.21 Å². The van der Waals surface area contributed by atoms with Gasteiger partial charge in [0, 0.05) is 24.8 Å². The monoisotopic (exact) mass is 108 g/mol. The Bertz CT molecular complexity index is 145. The fourth-order valence-electron chi connectivity index (χ4n) is 0.600. The molecule has 0 fully saturated rings. The molecule has 0 saturated heterocycles. The largest absolute Gasteiger partial charge is 0.163 e. The second-order valence-electron chi connectivity index (χ2n) is 1.66. The maximum absolute atomic E-state index is 3.84. The first-order chi connectivity index (χ1) is 3.93. The molecule has 8 heavy (non-hydrogen) atoms. The van der Waals surface area contributed by atoms with Gasteiger partial charge in [-0.05, 0) is 0 Å². The minimum Gasteiger partial charge on any atom is -0.163 e. The molecule has 0 spiro atoms. The zero-order chi connectivity index (χ0) is 5.82. The summed E-state index contributed by atoms with van der Waals surface area (Å²) in [5.74, 6) is 0. The van der Waals surface area contributed by atoms with Crippen LogP contribution in [0.15, 0.2) is 22.9 Å². The Balaban J connectivity index is 2.39. The lowest BCUT2D eigenvalue weighted by Crippen LogP contribution is -1.89. The van der Waals surface area contributed by atoms with Gasteiger partial charge < -0.3 is 0 Å². The van der Waals surface area contributed by atoms with Crippen molar-refractivity contribution >= 4 is 11.9 Å². The molecule has 1 heterocycles. The summed E-state index contributed by atoms with van der Waals surface area (Å²) in [6.45, 7) is 3.59. The van der Waals surface area contributed by atoms with Crippen LogP contribution in [0.2, 0.25) is 0 Å². The van der Waals surface area contributed by atoms with Crippen molar-refractivity contribution in [2.24, 2.45) is 10.2 Å². The summed E-state index contributed by atoms with van der Waals surface area (Å²) >= 11 is 0. The van der Waals surface area contributed by atoms with Gasteiger partial charge in [0.2, 0.25) is 0 Å². The molecule has 2 heteroatoms. The number of hydrogen-bond acceptors (Lipinski definition) is 2. The summed E-state index contributed by atoms with van der Waals surface area (Å²) in [7, 11) is 0. The zero-order valence-corrected chi connectivity index (χ0v) is 4.67. The summed E-state index contributed by atoms with van der Waals surface area (Å²) in [5, 5.41) is 7.54. The van der Waals surface area contributed by atoms with E-state index in [2.05, 4.69) is 16.8 Å². The second kappa shape index (κ2) is 2.40. The fraction of sp³-hybridized carbons (Fsp3) is 0.333. The number of hydrogen-bond donors (Lipinski definition) is 0. The topological polar surface area (TPSA) is 24.7 Å². The van der Waals surface area contributed by atoms with E-state index in [0.29, 0.717) is 0 Å². The fourth-order valence-corrected chi connectivity index (χ4v) is 0.600. The third kappa shape index (κ3) is 1.03. The van der Waals surface area contributed by atoms with Crippen molar-refractivity contribution in [3.63, 3.8) is 0 Å². The SMILES string of the molecule is C=CCC1=NN=CC1. The first kappa shape index (κ1) is 5.22. The van der Waals surface area contributed by atoms with E-state index in [1.165, 1.54) is 0 Å². The molecule has 0 saturated carbocycles. The molecule has 0 aliphatic carbocycles. The van der Waals surface area contributed by atoms with Gasteiger partial charge in [0.05, 0.1) is 0 Å². The molecule has 0 aromatic rings. The molecule has 0 atom stereocenters. The highest BCUT2D eigenvalue weighted by Gasteiger charge is 1.97. The smallest absolute Gasteiger partial charge is 0.0497 e. The van der Waals surface area contributed by atoms with Crippen molar-refractivity contribution in [2.75, 3.05) is 0 Å². The summed E-state index contributed by atoms with van der Waals surface area (Å²) in [6.07, 6.45) is 5.43. The van der Waals surface area contributed by atoms with Crippen LogP contribution in [0.3, 0.4) is 0 Å². The molecular formula is C6H8N2. The van der Waals surface area contributed by atoms with Crippen molar-refractivity contribution in [1.82, 2.24) is 0 Å². The van der Waals surface area contributed by atoms with Gasteiger partial charge in [-0.3, -0.25) is 0 Å². The van der Waals surface area contributed by atoms with E-state index < -0.39 is 0 Å². The quantitative estimate of drug-likeness (QED) is 0.477. The molecule has 0 bridgehead atoms. The molecule has 0 amide bonds. The van der Waals surface area contributed by atoms with E-state index in [4.69, 9.17) is 0 Å². The molecular weight excluding hydrogens is 100 g/mol. The van der Waals surface area contributed by atoms with Crippen LogP contribution in [0.25, 0.3) is 0 Å². The predicted molar refractivity (Wildman–Crippen MR) is 35.4 cm³/mol. The maximum atomic E-state index is 3.84. The van der Waals surface area contributed by atoms with Gasteiger partial charge in [-0.2, -0.15) is 10.2 Å². The molecule has 0 aromatic carbocycles. The van der Waals surface area contributed by atoms with Crippen LogP contribution in [0, 0.1) is 0 Å². The zero-order valence-electron chi connectivity index (χ0n) is 4.67. The molecule has 0 radical (unpaired) electrons. The average molecular weight is 108 g/mol. The molecule has 0 N–H and O–H groups in total. The van der Waals surface area contributed by atoms with Gasteiger partial charge in [-0.1, -0.05) is 6.08 Å². The molecule has 0 unspecified atom stereocenters. The Labute approximate surface area is 48.6 Å². The van der Waals surface area contributed by atoms with E-state index in [-0.39, 0.29) is 0 Å². The van der Waals surface area contributed by atoms with Gasteiger partial charge in [0.1, 0.15) is 0 Å². The first-order valence-electron chi connectivity index (χ1n) is 2.61.